The summed E-state index contributed by atoms with van der Waals surface area (Å²) in [7, 11) is 0. The van der Waals surface area contributed by atoms with Gasteiger partial charge in [-0.1, -0.05) is 36.4 Å². The summed E-state index contributed by atoms with van der Waals surface area (Å²) >= 11 is 0. The van der Waals surface area contributed by atoms with E-state index in [1.165, 1.54) is 28.9 Å². The SMILES string of the molecule is C/C(=N\c1cccc(C)n1)c1c(-c2ccccc2)[nH]n(-c2ccc([N+](=O)[O-])cc2)c1=O. The number of aliphatic imine (C=N–C) groups is 1. The molecule has 154 valence electrons. The molecule has 0 fully saturated rings. The number of aromatic nitrogens is 3. The highest BCUT2D eigenvalue weighted by atomic mass is 16.6. The van der Waals surface area contributed by atoms with Crippen LogP contribution in [0.4, 0.5) is 11.5 Å². The van der Waals surface area contributed by atoms with E-state index in [0.717, 1.165) is 11.3 Å². The van der Waals surface area contributed by atoms with Gasteiger partial charge >= 0.3 is 0 Å². The molecule has 2 aromatic heterocycles. The average Bonchev–Trinajstić information content (AvgIpc) is 3.11. The molecule has 8 heteroatoms. The summed E-state index contributed by atoms with van der Waals surface area (Å²) in [5.41, 5.74) is 3.32. The number of benzene rings is 2. The molecular weight excluding hydrogens is 394 g/mol. The van der Waals surface area contributed by atoms with Gasteiger partial charge in [0.1, 0.15) is 0 Å². The van der Waals surface area contributed by atoms with Gasteiger partial charge in [0.15, 0.2) is 5.82 Å². The standard InChI is InChI=1S/C23H19N5O3/c1-15-7-6-10-20(24-15)25-16(2)21-22(17-8-4-3-5-9-17)26-27(23(21)29)18-11-13-19(14-12-18)28(30)31/h3-14,26H,1-2H3/b25-16+. The average molecular weight is 413 g/mol. The lowest BCUT2D eigenvalue weighted by Gasteiger charge is -2.03. The molecule has 0 saturated heterocycles. The second kappa shape index (κ2) is 8.19. The number of rotatable bonds is 5. The number of nitro benzene ring substituents is 1. The molecule has 2 heterocycles. The molecule has 0 radical (unpaired) electrons. The van der Waals surface area contributed by atoms with Gasteiger partial charge in [-0.3, -0.25) is 20.0 Å². The molecule has 0 saturated carbocycles. The van der Waals surface area contributed by atoms with Gasteiger partial charge in [-0.2, -0.15) is 0 Å². The van der Waals surface area contributed by atoms with Crippen molar-refractivity contribution in [2.45, 2.75) is 13.8 Å². The number of pyridine rings is 1. The molecule has 2 aromatic carbocycles. The number of hydrogen-bond donors (Lipinski definition) is 1. The fraction of sp³-hybridized carbons (Fsp3) is 0.0870. The lowest BCUT2D eigenvalue weighted by molar-refractivity contribution is -0.384. The van der Waals surface area contributed by atoms with Crippen molar-refractivity contribution < 1.29 is 4.92 Å². The van der Waals surface area contributed by atoms with Crippen LogP contribution in [-0.2, 0) is 0 Å². The Hall–Kier alpha value is -4.33. The van der Waals surface area contributed by atoms with Gasteiger partial charge in [-0.05, 0) is 38.1 Å². The third-order valence-electron chi connectivity index (χ3n) is 4.79. The summed E-state index contributed by atoms with van der Waals surface area (Å²) < 4.78 is 1.37. The Kier molecular flexibility index (Phi) is 5.28. The molecule has 31 heavy (non-hydrogen) atoms. The predicted molar refractivity (Wildman–Crippen MR) is 119 cm³/mol. The lowest BCUT2D eigenvalue weighted by Crippen LogP contribution is -2.19. The van der Waals surface area contributed by atoms with Crippen molar-refractivity contribution in [3.63, 3.8) is 0 Å². The molecule has 0 aliphatic rings. The van der Waals surface area contributed by atoms with E-state index in [1.54, 1.807) is 13.0 Å². The van der Waals surface area contributed by atoms with Gasteiger partial charge in [-0.15, -0.1) is 0 Å². The fourth-order valence-corrected chi connectivity index (χ4v) is 3.31. The zero-order valence-corrected chi connectivity index (χ0v) is 16.9. The number of aryl methyl sites for hydroxylation is 1. The molecule has 0 bridgehead atoms. The lowest BCUT2D eigenvalue weighted by atomic mass is 10.1. The minimum Gasteiger partial charge on any atom is -0.290 e. The first kappa shape index (κ1) is 20.0. The topological polar surface area (TPSA) is 106 Å². The Bertz CT molecular complexity index is 1340. The molecule has 1 N–H and O–H groups in total. The number of hydrogen-bond acceptors (Lipinski definition) is 5. The van der Waals surface area contributed by atoms with Crippen LogP contribution in [0.25, 0.3) is 16.9 Å². The Morgan fingerprint density at radius 2 is 1.74 bits per heavy atom. The summed E-state index contributed by atoms with van der Waals surface area (Å²) in [5.74, 6) is 0.513. The smallest absolute Gasteiger partial charge is 0.280 e. The minimum absolute atomic E-state index is 0.0462. The maximum Gasteiger partial charge on any atom is 0.280 e. The highest BCUT2D eigenvalue weighted by Crippen LogP contribution is 2.23. The second-order valence-electron chi connectivity index (χ2n) is 6.98. The van der Waals surface area contributed by atoms with E-state index in [9.17, 15) is 14.9 Å². The summed E-state index contributed by atoms with van der Waals surface area (Å²) in [4.78, 5) is 32.8. The maximum absolute atomic E-state index is 13.4. The van der Waals surface area contributed by atoms with Crippen LogP contribution in [0.2, 0.25) is 0 Å². The summed E-state index contributed by atoms with van der Waals surface area (Å²) in [5, 5.41) is 14.1. The molecule has 0 spiro atoms. The van der Waals surface area contributed by atoms with Crippen LogP contribution in [0.3, 0.4) is 0 Å². The van der Waals surface area contributed by atoms with Gasteiger partial charge in [0.05, 0.1) is 27.6 Å². The Morgan fingerprint density at radius 1 is 1.03 bits per heavy atom. The first-order valence-corrected chi connectivity index (χ1v) is 9.58. The third kappa shape index (κ3) is 4.04. The summed E-state index contributed by atoms with van der Waals surface area (Å²) in [6.45, 7) is 3.64. The van der Waals surface area contributed by atoms with Gasteiger partial charge in [0.2, 0.25) is 0 Å². The van der Waals surface area contributed by atoms with Crippen LogP contribution in [0.1, 0.15) is 18.2 Å². The number of aromatic amines is 1. The molecule has 4 aromatic rings. The maximum atomic E-state index is 13.4. The normalized spacial score (nSPS) is 11.5. The first-order chi connectivity index (χ1) is 14.9. The van der Waals surface area contributed by atoms with Gasteiger partial charge < -0.3 is 0 Å². The minimum atomic E-state index is -0.478. The predicted octanol–water partition coefficient (Wildman–Crippen LogP) is 4.58. The van der Waals surface area contributed by atoms with E-state index < -0.39 is 4.92 Å². The Morgan fingerprint density at radius 3 is 2.39 bits per heavy atom. The van der Waals surface area contributed by atoms with Crippen molar-refractivity contribution in [1.82, 2.24) is 14.8 Å². The zero-order valence-electron chi connectivity index (χ0n) is 16.9. The molecule has 0 aliphatic heterocycles. The number of nitrogens with one attached hydrogen (secondary N) is 1. The highest BCUT2D eigenvalue weighted by molar-refractivity contribution is 6.04. The fourth-order valence-electron chi connectivity index (χ4n) is 3.31. The van der Waals surface area contributed by atoms with Crippen LogP contribution < -0.4 is 5.56 Å². The highest BCUT2D eigenvalue weighted by Gasteiger charge is 2.20. The molecule has 8 nitrogen and oxygen atoms in total. The van der Waals surface area contributed by atoms with E-state index in [0.29, 0.717) is 28.5 Å². The van der Waals surface area contributed by atoms with E-state index >= 15 is 0 Å². The van der Waals surface area contributed by atoms with E-state index in [4.69, 9.17) is 0 Å². The van der Waals surface area contributed by atoms with Crippen LogP contribution in [0.15, 0.2) is 82.6 Å². The van der Waals surface area contributed by atoms with Crippen molar-refractivity contribution in [3.05, 3.63) is 105 Å². The number of nitrogens with zero attached hydrogens (tertiary/aromatic N) is 4. The zero-order chi connectivity index (χ0) is 22.0. The second-order valence-corrected chi connectivity index (χ2v) is 6.98. The summed E-state index contributed by atoms with van der Waals surface area (Å²) in [6, 6.07) is 20.8. The van der Waals surface area contributed by atoms with Gasteiger partial charge in [0, 0.05) is 23.4 Å². The Balaban J connectivity index is 1.89. The molecule has 0 amide bonds. The van der Waals surface area contributed by atoms with Gasteiger partial charge in [-0.25, -0.2) is 14.7 Å². The van der Waals surface area contributed by atoms with Crippen LogP contribution in [0.5, 0.6) is 0 Å². The third-order valence-corrected chi connectivity index (χ3v) is 4.79. The van der Waals surface area contributed by atoms with Crippen molar-refractivity contribution >= 4 is 17.2 Å². The molecule has 0 unspecified atom stereocenters. The van der Waals surface area contributed by atoms with Crippen molar-refractivity contribution in [2.75, 3.05) is 0 Å². The quantitative estimate of drug-likeness (QED) is 0.293. The molecular formula is C23H19N5O3. The van der Waals surface area contributed by atoms with Crippen LogP contribution in [-0.4, -0.2) is 25.4 Å². The van der Waals surface area contributed by atoms with E-state index in [2.05, 4.69) is 15.1 Å². The first-order valence-electron chi connectivity index (χ1n) is 9.58. The molecule has 0 aliphatic carbocycles. The van der Waals surface area contributed by atoms with Crippen LogP contribution in [0, 0.1) is 17.0 Å². The van der Waals surface area contributed by atoms with Crippen LogP contribution >= 0.6 is 0 Å². The van der Waals surface area contributed by atoms with E-state index in [1.807, 2.05) is 49.4 Å². The van der Waals surface area contributed by atoms with E-state index in [-0.39, 0.29) is 11.2 Å². The summed E-state index contributed by atoms with van der Waals surface area (Å²) in [6.07, 6.45) is 0. The largest absolute Gasteiger partial charge is 0.290 e. The number of H-pyrrole nitrogens is 1. The number of non-ortho nitro benzene ring substituents is 1. The number of nitro groups is 1. The van der Waals surface area contributed by atoms with Crippen molar-refractivity contribution in [2.24, 2.45) is 4.99 Å². The Labute approximate surface area is 177 Å². The monoisotopic (exact) mass is 413 g/mol. The molecule has 4 rings (SSSR count). The molecule has 0 atom stereocenters. The van der Waals surface area contributed by atoms with Crippen molar-refractivity contribution in [3.8, 4) is 16.9 Å². The van der Waals surface area contributed by atoms with Crippen molar-refractivity contribution in [1.29, 1.82) is 0 Å². The van der Waals surface area contributed by atoms with Gasteiger partial charge in [0.25, 0.3) is 11.2 Å².